The van der Waals surface area contributed by atoms with E-state index in [1.165, 1.54) is 5.56 Å². The van der Waals surface area contributed by atoms with Gasteiger partial charge in [0, 0.05) is 32.6 Å². The highest BCUT2D eigenvalue weighted by Gasteiger charge is 2.16. The van der Waals surface area contributed by atoms with Gasteiger partial charge in [-0.2, -0.15) is 0 Å². The Balaban J connectivity index is 1.98. The minimum Gasteiger partial charge on any atom is -0.494 e. The Morgan fingerprint density at radius 2 is 2.05 bits per heavy atom. The topological polar surface area (TPSA) is 41.6 Å². The summed E-state index contributed by atoms with van der Waals surface area (Å²) in [5, 5.41) is 3.27. The Labute approximate surface area is 127 Å². The number of rotatable bonds is 6. The first kappa shape index (κ1) is 15.8. The third kappa shape index (κ3) is 4.46. The van der Waals surface area contributed by atoms with Crippen LogP contribution in [0.1, 0.15) is 31.4 Å². The number of ether oxygens (including phenoxy) is 1. The number of hydrogen-bond acceptors (Lipinski definition) is 3. The number of nitrogens with zero attached hydrogens (tertiary/aromatic N) is 1. The molecule has 2 rings (SSSR count). The van der Waals surface area contributed by atoms with Gasteiger partial charge in [0.1, 0.15) is 5.75 Å². The fourth-order valence-corrected chi connectivity index (χ4v) is 2.66. The van der Waals surface area contributed by atoms with Crippen molar-refractivity contribution < 1.29 is 9.53 Å². The van der Waals surface area contributed by atoms with Gasteiger partial charge in [0.05, 0.1) is 6.61 Å². The summed E-state index contributed by atoms with van der Waals surface area (Å²) in [7, 11) is 0. The molecule has 4 heteroatoms. The first-order valence-corrected chi connectivity index (χ1v) is 7.97. The Bertz CT molecular complexity index is 468. The lowest BCUT2D eigenvalue weighted by Gasteiger charge is -2.27. The number of carbonyl (C=O) groups is 1. The molecular weight excluding hydrogens is 264 g/mol. The van der Waals surface area contributed by atoms with E-state index in [4.69, 9.17) is 4.74 Å². The largest absolute Gasteiger partial charge is 0.494 e. The summed E-state index contributed by atoms with van der Waals surface area (Å²) >= 11 is 0. The van der Waals surface area contributed by atoms with Crippen molar-refractivity contribution in [2.24, 2.45) is 0 Å². The average Bonchev–Trinajstić information content (AvgIpc) is 2.54. The van der Waals surface area contributed by atoms with E-state index < -0.39 is 0 Å². The van der Waals surface area contributed by atoms with E-state index >= 15 is 0 Å². The second-order valence-corrected chi connectivity index (χ2v) is 5.36. The lowest BCUT2D eigenvalue weighted by Crippen LogP contribution is -2.46. The standard InChI is InChI=1S/C17H26N2O2/c1-3-14-5-7-16(21-4-2)15(13-14)6-8-17(20)19-11-9-18-10-12-19/h5,7,13,18H,3-4,6,8-12H2,1-2H3. The number of amides is 1. The smallest absolute Gasteiger partial charge is 0.222 e. The van der Waals surface area contributed by atoms with Crippen LogP contribution in [0.15, 0.2) is 18.2 Å². The van der Waals surface area contributed by atoms with Crippen LogP contribution in [0, 0.1) is 0 Å². The van der Waals surface area contributed by atoms with Gasteiger partial charge in [-0.3, -0.25) is 4.79 Å². The molecule has 0 saturated carbocycles. The predicted molar refractivity (Wildman–Crippen MR) is 84.8 cm³/mol. The van der Waals surface area contributed by atoms with E-state index in [0.29, 0.717) is 13.0 Å². The molecular formula is C17H26N2O2. The number of nitrogens with one attached hydrogen (secondary N) is 1. The van der Waals surface area contributed by atoms with Crippen LogP contribution in [0.3, 0.4) is 0 Å². The predicted octanol–water partition coefficient (Wildman–Crippen LogP) is 2.01. The van der Waals surface area contributed by atoms with Gasteiger partial charge < -0.3 is 15.0 Å². The van der Waals surface area contributed by atoms with Crippen LogP contribution in [0.2, 0.25) is 0 Å². The minimum absolute atomic E-state index is 0.251. The van der Waals surface area contributed by atoms with Crippen LogP contribution in [0.25, 0.3) is 0 Å². The van der Waals surface area contributed by atoms with Crippen LogP contribution in [-0.2, 0) is 17.6 Å². The molecule has 1 fully saturated rings. The molecule has 1 aliphatic heterocycles. The summed E-state index contributed by atoms with van der Waals surface area (Å²) in [5.74, 6) is 1.17. The average molecular weight is 290 g/mol. The molecule has 0 spiro atoms. The number of aryl methyl sites for hydroxylation is 2. The van der Waals surface area contributed by atoms with Crippen molar-refractivity contribution in [3.63, 3.8) is 0 Å². The van der Waals surface area contributed by atoms with Gasteiger partial charge in [0.2, 0.25) is 5.91 Å². The molecule has 0 bridgehead atoms. The summed E-state index contributed by atoms with van der Waals surface area (Å²) in [6.07, 6.45) is 2.32. The summed E-state index contributed by atoms with van der Waals surface area (Å²) in [4.78, 5) is 14.2. The lowest BCUT2D eigenvalue weighted by atomic mass is 10.0. The number of piperazine rings is 1. The highest BCUT2D eigenvalue weighted by atomic mass is 16.5. The molecule has 1 aromatic carbocycles. The first-order valence-electron chi connectivity index (χ1n) is 7.97. The molecule has 1 N–H and O–H groups in total. The maximum atomic E-state index is 12.3. The maximum Gasteiger partial charge on any atom is 0.222 e. The van der Waals surface area contributed by atoms with Gasteiger partial charge in [-0.1, -0.05) is 19.1 Å². The molecule has 1 heterocycles. The van der Waals surface area contributed by atoms with Crippen molar-refractivity contribution in [2.75, 3.05) is 32.8 Å². The lowest BCUT2D eigenvalue weighted by molar-refractivity contribution is -0.131. The van der Waals surface area contributed by atoms with E-state index in [-0.39, 0.29) is 5.91 Å². The van der Waals surface area contributed by atoms with E-state index in [1.807, 2.05) is 17.9 Å². The van der Waals surface area contributed by atoms with E-state index in [0.717, 1.165) is 50.3 Å². The molecule has 1 aromatic rings. The van der Waals surface area contributed by atoms with Crippen LogP contribution in [-0.4, -0.2) is 43.6 Å². The first-order chi connectivity index (χ1) is 10.2. The molecule has 0 atom stereocenters. The van der Waals surface area contributed by atoms with Gasteiger partial charge in [-0.05, 0) is 37.0 Å². The van der Waals surface area contributed by atoms with Gasteiger partial charge in [0.15, 0.2) is 0 Å². The zero-order valence-electron chi connectivity index (χ0n) is 13.2. The van der Waals surface area contributed by atoms with Crippen LogP contribution in [0.5, 0.6) is 5.75 Å². The summed E-state index contributed by atoms with van der Waals surface area (Å²) in [6, 6.07) is 6.32. The Kier molecular flexibility index (Phi) is 6.05. The van der Waals surface area contributed by atoms with Gasteiger partial charge >= 0.3 is 0 Å². The maximum absolute atomic E-state index is 12.3. The third-order valence-electron chi connectivity index (χ3n) is 3.91. The molecule has 0 aromatic heterocycles. The van der Waals surface area contributed by atoms with E-state index in [2.05, 4.69) is 24.4 Å². The highest BCUT2D eigenvalue weighted by Crippen LogP contribution is 2.22. The van der Waals surface area contributed by atoms with Crippen molar-refractivity contribution >= 4 is 5.91 Å². The second-order valence-electron chi connectivity index (χ2n) is 5.36. The number of carbonyl (C=O) groups excluding carboxylic acids is 1. The summed E-state index contributed by atoms with van der Waals surface area (Å²) in [6.45, 7) is 8.25. The van der Waals surface area contributed by atoms with Crippen molar-refractivity contribution in [1.82, 2.24) is 10.2 Å². The molecule has 1 saturated heterocycles. The normalized spacial score (nSPS) is 15.0. The van der Waals surface area contributed by atoms with Crippen LogP contribution >= 0.6 is 0 Å². The fraction of sp³-hybridized carbons (Fsp3) is 0.588. The Morgan fingerprint density at radius 1 is 1.29 bits per heavy atom. The molecule has 116 valence electrons. The molecule has 21 heavy (non-hydrogen) atoms. The van der Waals surface area contributed by atoms with E-state index in [9.17, 15) is 4.79 Å². The Morgan fingerprint density at radius 3 is 2.71 bits per heavy atom. The molecule has 4 nitrogen and oxygen atoms in total. The van der Waals surface area contributed by atoms with Crippen LogP contribution < -0.4 is 10.1 Å². The minimum atomic E-state index is 0.251. The molecule has 1 aliphatic rings. The van der Waals surface area contributed by atoms with Crippen LogP contribution in [0.4, 0.5) is 0 Å². The summed E-state index contributed by atoms with van der Waals surface area (Å²) < 4.78 is 5.68. The number of benzene rings is 1. The van der Waals surface area contributed by atoms with Crippen molar-refractivity contribution in [3.8, 4) is 5.75 Å². The summed E-state index contributed by atoms with van der Waals surface area (Å²) in [5.41, 5.74) is 2.45. The molecule has 0 unspecified atom stereocenters. The van der Waals surface area contributed by atoms with E-state index in [1.54, 1.807) is 0 Å². The molecule has 0 aliphatic carbocycles. The second kappa shape index (κ2) is 8.03. The SMILES string of the molecule is CCOc1ccc(CC)cc1CCC(=O)N1CCNCC1. The number of hydrogen-bond donors (Lipinski definition) is 1. The zero-order valence-corrected chi connectivity index (χ0v) is 13.2. The zero-order chi connectivity index (χ0) is 15.1. The van der Waals surface area contributed by atoms with Crippen molar-refractivity contribution in [3.05, 3.63) is 29.3 Å². The fourth-order valence-electron chi connectivity index (χ4n) is 2.66. The molecule has 1 amide bonds. The van der Waals surface area contributed by atoms with Crippen molar-refractivity contribution in [1.29, 1.82) is 0 Å². The van der Waals surface area contributed by atoms with Gasteiger partial charge in [-0.15, -0.1) is 0 Å². The quantitative estimate of drug-likeness (QED) is 0.871. The monoisotopic (exact) mass is 290 g/mol. The van der Waals surface area contributed by atoms with Gasteiger partial charge in [0.25, 0.3) is 0 Å². The highest BCUT2D eigenvalue weighted by molar-refractivity contribution is 5.76. The van der Waals surface area contributed by atoms with Gasteiger partial charge in [-0.25, -0.2) is 0 Å². The van der Waals surface area contributed by atoms with Crippen molar-refractivity contribution in [2.45, 2.75) is 33.1 Å². The molecule has 0 radical (unpaired) electrons. The Hall–Kier alpha value is -1.55. The third-order valence-corrected chi connectivity index (χ3v) is 3.91.